The number of aryl methyl sites for hydroxylation is 2. The first-order valence-corrected chi connectivity index (χ1v) is 8.19. The molecule has 0 amide bonds. The number of nitrogens with zero attached hydrogens (tertiary/aromatic N) is 4. The maximum absolute atomic E-state index is 13.2. The number of anilines is 1. The molecule has 0 spiro atoms. The second-order valence-electron chi connectivity index (χ2n) is 6.08. The van der Waals surface area contributed by atoms with Gasteiger partial charge in [0.2, 0.25) is 0 Å². The molecule has 1 aliphatic heterocycles. The van der Waals surface area contributed by atoms with Crippen molar-refractivity contribution >= 4 is 5.69 Å². The third-order valence-electron chi connectivity index (χ3n) is 4.39. The zero-order chi connectivity index (χ0) is 16.1. The van der Waals surface area contributed by atoms with Crippen molar-refractivity contribution in [1.29, 1.82) is 0 Å². The molecule has 0 radical (unpaired) electrons. The van der Waals surface area contributed by atoms with Gasteiger partial charge in [0.1, 0.15) is 5.82 Å². The quantitative estimate of drug-likeness (QED) is 0.795. The van der Waals surface area contributed by atoms with Gasteiger partial charge in [-0.1, -0.05) is 5.21 Å². The van der Waals surface area contributed by atoms with Crippen LogP contribution >= 0.6 is 0 Å². The maximum Gasteiger partial charge on any atom is 0.174 e. The summed E-state index contributed by atoms with van der Waals surface area (Å²) in [5.74, 6) is 0.609. The predicted molar refractivity (Wildman–Crippen MR) is 86.9 cm³/mol. The number of aromatic amines is 1. The lowest BCUT2D eigenvalue weighted by Gasteiger charge is -2.35. The van der Waals surface area contributed by atoms with Gasteiger partial charge >= 0.3 is 0 Å². The minimum atomic E-state index is -0.163. The number of benzene rings is 1. The van der Waals surface area contributed by atoms with Crippen LogP contribution in [0.5, 0.6) is 0 Å². The lowest BCUT2D eigenvalue weighted by atomic mass is 10.0. The van der Waals surface area contributed by atoms with Crippen LogP contribution in [0, 0.1) is 12.7 Å². The fourth-order valence-electron chi connectivity index (χ4n) is 3.14. The summed E-state index contributed by atoms with van der Waals surface area (Å²) < 4.78 is 13.2. The van der Waals surface area contributed by atoms with Gasteiger partial charge in [0.05, 0.1) is 0 Å². The molecule has 3 rings (SSSR count). The number of nitrogens with one attached hydrogen (secondary N) is 2. The van der Waals surface area contributed by atoms with E-state index in [1.54, 1.807) is 12.1 Å². The zero-order valence-corrected chi connectivity index (χ0v) is 13.4. The number of tetrazole rings is 1. The molecule has 0 saturated carbocycles. The number of hydrogen-bond acceptors (Lipinski definition) is 5. The van der Waals surface area contributed by atoms with Crippen LogP contribution in [0.4, 0.5) is 10.1 Å². The van der Waals surface area contributed by atoms with E-state index in [-0.39, 0.29) is 5.82 Å². The Bertz CT molecular complexity index is 607. The van der Waals surface area contributed by atoms with E-state index in [0.29, 0.717) is 6.04 Å². The van der Waals surface area contributed by atoms with E-state index >= 15 is 0 Å². The highest BCUT2D eigenvalue weighted by Crippen LogP contribution is 2.24. The van der Waals surface area contributed by atoms with Crippen molar-refractivity contribution in [3.8, 4) is 0 Å². The summed E-state index contributed by atoms with van der Waals surface area (Å²) in [4.78, 5) is 2.35. The fourth-order valence-corrected chi connectivity index (χ4v) is 3.14. The molecule has 2 N–H and O–H groups in total. The van der Waals surface area contributed by atoms with Crippen LogP contribution in [-0.2, 0) is 6.42 Å². The molecular formula is C16H23FN6. The van der Waals surface area contributed by atoms with E-state index in [1.165, 1.54) is 0 Å². The van der Waals surface area contributed by atoms with Crippen LogP contribution in [0.15, 0.2) is 18.2 Å². The third-order valence-corrected chi connectivity index (χ3v) is 4.39. The van der Waals surface area contributed by atoms with E-state index in [9.17, 15) is 4.39 Å². The predicted octanol–water partition coefficient (Wildman–Crippen LogP) is 1.84. The number of hydrogen-bond donors (Lipinski definition) is 2. The van der Waals surface area contributed by atoms with Crippen molar-refractivity contribution in [1.82, 2.24) is 25.9 Å². The summed E-state index contributed by atoms with van der Waals surface area (Å²) in [5.41, 5.74) is 2.17. The molecule has 1 aromatic heterocycles. The summed E-state index contributed by atoms with van der Waals surface area (Å²) >= 11 is 0. The van der Waals surface area contributed by atoms with Gasteiger partial charge in [-0.25, -0.2) is 4.39 Å². The molecule has 1 aliphatic rings. The van der Waals surface area contributed by atoms with Crippen LogP contribution in [0.2, 0.25) is 0 Å². The summed E-state index contributed by atoms with van der Waals surface area (Å²) in [5, 5.41) is 17.5. The molecule has 6 nitrogen and oxygen atoms in total. The molecular weight excluding hydrogens is 295 g/mol. The Morgan fingerprint density at radius 3 is 2.87 bits per heavy atom. The highest BCUT2D eigenvalue weighted by atomic mass is 19.1. The first kappa shape index (κ1) is 15.9. The Hall–Kier alpha value is -2.02. The van der Waals surface area contributed by atoms with Gasteiger partial charge in [0.25, 0.3) is 0 Å². The number of rotatable bonds is 6. The van der Waals surface area contributed by atoms with Crippen molar-refractivity contribution in [2.24, 2.45) is 0 Å². The van der Waals surface area contributed by atoms with E-state index in [4.69, 9.17) is 0 Å². The normalized spacial score (nSPS) is 16.0. The average molecular weight is 318 g/mol. The highest BCUT2D eigenvalue weighted by molar-refractivity contribution is 5.53. The minimum Gasteiger partial charge on any atom is -0.371 e. The summed E-state index contributed by atoms with van der Waals surface area (Å²) in [6.07, 6.45) is 4.08. The van der Waals surface area contributed by atoms with Crippen LogP contribution in [0.25, 0.3) is 0 Å². The van der Waals surface area contributed by atoms with E-state index < -0.39 is 0 Å². The van der Waals surface area contributed by atoms with Crippen LogP contribution in [0.3, 0.4) is 0 Å². The van der Waals surface area contributed by atoms with Gasteiger partial charge in [-0.3, -0.25) is 0 Å². The minimum absolute atomic E-state index is 0.163. The molecule has 23 heavy (non-hydrogen) atoms. The van der Waals surface area contributed by atoms with Gasteiger partial charge in [-0.05, 0) is 56.5 Å². The Morgan fingerprint density at radius 2 is 2.17 bits per heavy atom. The first-order valence-electron chi connectivity index (χ1n) is 8.19. The standard InChI is InChI=1S/C16H23FN6/c1-12-11-13(17)4-5-15(12)23-9-6-14(7-10-23)18-8-2-3-16-19-21-22-20-16/h4-5,11,14,18H,2-3,6-10H2,1H3,(H,19,20,21,22). The molecule has 124 valence electrons. The summed E-state index contributed by atoms with van der Waals surface area (Å²) in [6.45, 7) is 4.96. The number of halogens is 1. The first-order chi connectivity index (χ1) is 11.2. The lowest BCUT2D eigenvalue weighted by Crippen LogP contribution is -2.43. The molecule has 2 aromatic rings. The van der Waals surface area contributed by atoms with E-state index in [0.717, 1.165) is 62.4 Å². The summed E-state index contributed by atoms with van der Waals surface area (Å²) in [7, 11) is 0. The van der Waals surface area contributed by atoms with Gasteiger partial charge in [0, 0.05) is 31.2 Å². The molecule has 0 atom stereocenters. The monoisotopic (exact) mass is 318 g/mol. The van der Waals surface area contributed by atoms with Gasteiger partial charge < -0.3 is 10.2 Å². The van der Waals surface area contributed by atoms with Crippen molar-refractivity contribution in [2.45, 2.75) is 38.6 Å². The Labute approximate surface area is 135 Å². The smallest absolute Gasteiger partial charge is 0.174 e. The van der Waals surface area contributed by atoms with Crippen molar-refractivity contribution in [3.05, 3.63) is 35.4 Å². The fraction of sp³-hybridized carbons (Fsp3) is 0.562. The molecule has 1 aromatic carbocycles. The third kappa shape index (κ3) is 4.25. The number of aromatic nitrogens is 4. The number of H-pyrrole nitrogens is 1. The average Bonchev–Trinajstić information content (AvgIpc) is 3.06. The maximum atomic E-state index is 13.2. The van der Waals surface area contributed by atoms with Crippen LogP contribution in [0.1, 0.15) is 30.7 Å². The lowest BCUT2D eigenvalue weighted by molar-refractivity contribution is 0.412. The SMILES string of the molecule is Cc1cc(F)ccc1N1CCC(NCCCc2nn[nH]n2)CC1. The topological polar surface area (TPSA) is 69.7 Å². The van der Waals surface area contributed by atoms with Gasteiger partial charge in [0.15, 0.2) is 5.82 Å². The second-order valence-corrected chi connectivity index (χ2v) is 6.08. The molecule has 0 bridgehead atoms. The number of piperidine rings is 1. The van der Waals surface area contributed by atoms with Crippen molar-refractivity contribution in [3.63, 3.8) is 0 Å². The second kappa shape index (κ2) is 7.50. The Morgan fingerprint density at radius 1 is 1.35 bits per heavy atom. The van der Waals surface area contributed by atoms with E-state index in [2.05, 4.69) is 30.8 Å². The van der Waals surface area contributed by atoms with Crippen LogP contribution < -0.4 is 10.2 Å². The Balaban J connectivity index is 1.40. The van der Waals surface area contributed by atoms with Crippen LogP contribution in [-0.4, -0.2) is 46.3 Å². The molecule has 1 fully saturated rings. The molecule has 7 heteroatoms. The summed E-state index contributed by atoms with van der Waals surface area (Å²) in [6, 6.07) is 5.60. The van der Waals surface area contributed by atoms with Crippen molar-refractivity contribution in [2.75, 3.05) is 24.5 Å². The zero-order valence-electron chi connectivity index (χ0n) is 13.4. The highest BCUT2D eigenvalue weighted by Gasteiger charge is 2.20. The van der Waals surface area contributed by atoms with Gasteiger partial charge in [-0.2, -0.15) is 5.21 Å². The molecule has 0 aliphatic carbocycles. The van der Waals surface area contributed by atoms with Gasteiger partial charge in [-0.15, -0.1) is 10.2 Å². The molecule has 2 heterocycles. The Kier molecular flexibility index (Phi) is 5.17. The molecule has 1 saturated heterocycles. The van der Waals surface area contributed by atoms with E-state index in [1.807, 2.05) is 13.0 Å². The largest absolute Gasteiger partial charge is 0.371 e. The van der Waals surface area contributed by atoms with Crippen molar-refractivity contribution < 1.29 is 4.39 Å². The molecule has 0 unspecified atom stereocenters.